The Bertz CT molecular complexity index is 555. The van der Waals surface area contributed by atoms with Gasteiger partial charge in [-0.15, -0.1) is 11.6 Å². The molecule has 18 heavy (non-hydrogen) atoms. The van der Waals surface area contributed by atoms with Crippen LogP contribution in [0.25, 0.3) is 0 Å². The number of alkyl halides is 1. The molecule has 0 radical (unpaired) electrons. The van der Waals surface area contributed by atoms with Gasteiger partial charge in [0.15, 0.2) is 0 Å². The summed E-state index contributed by atoms with van der Waals surface area (Å²) >= 11 is 12.7. The number of nitrogens with one attached hydrogen (secondary N) is 1. The Morgan fingerprint density at radius 3 is 2.83 bits per heavy atom. The Balaban J connectivity index is 2.11. The number of benzene rings is 1. The van der Waals surface area contributed by atoms with Crippen LogP contribution < -0.4 is 5.32 Å². The number of amides is 1. The molecule has 1 heterocycles. The van der Waals surface area contributed by atoms with E-state index in [2.05, 4.69) is 9.71 Å². The standard InChI is InChI=1S/C11H7Cl2N3OS/c12-8-9(18-16-10(8)13)11(17)15-7-4-2-1-3-6(7)5-14/h1-4,8-9H,(H,15,17). The van der Waals surface area contributed by atoms with E-state index in [1.807, 2.05) is 6.07 Å². The summed E-state index contributed by atoms with van der Waals surface area (Å²) in [5.41, 5.74) is 0.851. The first kappa shape index (κ1) is 13.2. The van der Waals surface area contributed by atoms with Gasteiger partial charge in [0.2, 0.25) is 5.91 Å². The van der Waals surface area contributed by atoms with E-state index >= 15 is 0 Å². The van der Waals surface area contributed by atoms with Crippen molar-refractivity contribution in [2.75, 3.05) is 5.32 Å². The maximum atomic E-state index is 12.0. The van der Waals surface area contributed by atoms with E-state index in [1.165, 1.54) is 0 Å². The van der Waals surface area contributed by atoms with Crippen molar-refractivity contribution in [1.29, 1.82) is 5.26 Å². The van der Waals surface area contributed by atoms with E-state index in [9.17, 15) is 4.79 Å². The minimum absolute atomic E-state index is 0.218. The van der Waals surface area contributed by atoms with Gasteiger partial charge >= 0.3 is 0 Å². The minimum atomic E-state index is -0.633. The van der Waals surface area contributed by atoms with Crippen LogP contribution in [-0.2, 0) is 4.79 Å². The molecular formula is C11H7Cl2N3OS. The van der Waals surface area contributed by atoms with Gasteiger partial charge in [-0.1, -0.05) is 23.7 Å². The lowest BCUT2D eigenvalue weighted by Gasteiger charge is -2.12. The van der Waals surface area contributed by atoms with Crippen LogP contribution in [0, 0.1) is 11.3 Å². The highest BCUT2D eigenvalue weighted by Gasteiger charge is 2.36. The monoisotopic (exact) mass is 299 g/mol. The van der Waals surface area contributed by atoms with Gasteiger partial charge < -0.3 is 5.32 Å². The van der Waals surface area contributed by atoms with Gasteiger partial charge in [0.05, 0.1) is 11.3 Å². The summed E-state index contributed by atoms with van der Waals surface area (Å²) in [7, 11) is 0. The molecule has 1 aliphatic rings. The van der Waals surface area contributed by atoms with Crippen LogP contribution in [0.1, 0.15) is 5.56 Å². The number of rotatable bonds is 2. The average molecular weight is 300 g/mol. The molecule has 2 rings (SSSR count). The second kappa shape index (κ2) is 5.61. The van der Waals surface area contributed by atoms with Gasteiger partial charge in [-0.05, 0) is 24.1 Å². The van der Waals surface area contributed by atoms with Gasteiger partial charge in [0, 0.05) is 0 Å². The van der Waals surface area contributed by atoms with Gasteiger partial charge in [-0.3, -0.25) is 4.79 Å². The molecule has 1 N–H and O–H groups in total. The van der Waals surface area contributed by atoms with Crippen molar-refractivity contribution < 1.29 is 4.79 Å². The lowest BCUT2D eigenvalue weighted by molar-refractivity contribution is -0.115. The molecule has 1 aromatic carbocycles. The first-order valence-electron chi connectivity index (χ1n) is 4.96. The molecule has 1 amide bonds. The average Bonchev–Trinajstić information content (AvgIpc) is 2.71. The molecule has 0 fully saturated rings. The lowest BCUT2D eigenvalue weighted by atomic mass is 10.2. The number of hydrogen-bond donors (Lipinski definition) is 1. The molecule has 0 bridgehead atoms. The van der Waals surface area contributed by atoms with Crippen molar-refractivity contribution in [3.8, 4) is 6.07 Å². The van der Waals surface area contributed by atoms with Crippen LogP contribution in [0.2, 0.25) is 0 Å². The molecule has 2 unspecified atom stereocenters. The van der Waals surface area contributed by atoms with E-state index in [0.29, 0.717) is 11.3 Å². The third-order valence-electron chi connectivity index (χ3n) is 2.31. The molecular weight excluding hydrogens is 293 g/mol. The summed E-state index contributed by atoms with van der Waals surface area (Å²) in [5, 5.41) is 10.6. The van der Waals surface area contributed by atoms with E-state index < -0.39 is 10.6 Å². The van der Waals surface area contributed by atoms with E-state index in [4.69, 9.17) is 28.5 Å². The molecule has 7 heteroatoms. The lowest BCUT2D eigenvalue weighted by Crippen LogP contribution is -2.32. The van der Waals surface area contributed by atoms with Crippen molar-refractivity contribution in [2.24, 2.45) is 4.40 Å². The largest absolute Gasteiger partial charge is 0.324 e. The number of para-hydroxylation sites is 1. The predicted octanol–water partition coefficient (Wildman–Crippen LogP) is 2.77. The normalized spacial score (nSPS) is 22.2. The Hall–Kier alpha value is -1.22. The number of nitriles is 1. The summed E-state index contributed by atoms with van der Waals surface area (Å²) in [6, 6.07) is 8.74. The zero-order valence-electron chi connectivity index (χ0n) is 8.93. The van der Waals surface area contributed by atoms with Crippen molar-refractivity contribution in [3.05, 3.63) is 29.8 Å². The number of nitrogens with zero attached hydrogens (tertiary/aromatic N) is 2. The van der Waals surface area contributed by atoms with Gasteiger partial charge in [-0.25, -0.2) is 4.40 Å². The predicted molar refractivity (Wildman–Crippen MR) is 74.1 cm³/mol. The topological polar surface area (TPSA) is 65.2 Å². The molecule has 2 atom stereocenters. The zero-order valence-corrected chi connectivity index (χ0v) is 11.3. The zero-order chi connectivity index (χ0) is 13.1. The second-order valence-corrected chi connectivity index (χ2v) is 5.25. The van der Waals surface area contributed by atoms with Crippen LogP contribution >= 0.6 is 35.1 Å². The Labute approximate surface area is 118 Å². The van der Waals surface area contributed by atoms with Crippen LogP contribution in [0.15, 0.2) is 28.7 Å². The first-order chi connectivity index (χ1) is 8.63. The molecule has 92 valence electrons. The Kier molecular flexibility index (Phi) is 4.12. The summed E-state index contributed by atoms with van der Waals surface area (Å²) in [6.45, 7) is 0. The second-order valence-electron chi connectivity index (χ2n) is 3.49. The molecule has 0 saturated carbocycles. The molecule has 0 saturated heterocycles. The summed E-state index contributed by atoms with van der Waals surface area (Å²) in [4.78, 5) is 12.0. The molecule has 1 aromatic rings. The number of carbonyl (C=O) groups is 1. The highest BCUT2D eigenvalue weighted by Crippen LogP contribution is 2.31. The molecule has 4 nitrogen and oxygen atoms in total. The Morgan fingerprint density at radius 2 is 2.22 bits per heavy atom. The van der Waals surface area contributed by atoms with Gasteiger partial charge in [-0.2, -0.15) is 5.26 Å². The third kappa shape index (κ3) is 2.61. The van der Waals surface area contributed by atoms with Crippen LogP contribution in [0.5, 0.6) is 0 Å². The summed E-state index contributed by atoms with van der Waals surface area (Å²) in [6.07, 6.45) is 0. The third-order valence-corrected chi connectivity index (χ3v) is 4.47. The number of halogens is 2. The minimum Gasteiger partial charge on any atom is -0.324 e. The maximum absolute atomic E-state index is 12.0. The fraction of sp³-hybridized carbons (Fsp3) is 0.182. The van der Waals surface area contributed by atoms with Crippen molar-refractivity contribution in [2.45, 2.75) is 10.6 Å². The van der Waals surface area contributed by atoms with E-state index in [0.717, 1.165) is 11.9 Å². The van der Waals surface area contributed by atoms with Crippen molar-refractivity contribution in [1.82, 2.24) is 0 Å². The van der Waals surface area contributed by atoms with Crippen molar-refractivity contribution in [3.63, 3.8) is 0 Å². The quantitative estimate of drug-likeness (QED) is 0.674. The molecule has 0 aliphatic carbocycles. The van der Waals surface area contributed by atoms with Crippen LogP contribution in [-0.4, -0.2) is 21.7 Å². The summed E-state index contributed by atoms with van der Waals surface area (Å²) in [5.74, 6) is -0.317. The maximum Gasteiger partial charge on any atom is 0.241 e. The summed E-state index contributed by atoms with van der Waals surface area (Å²) < 4.78 is 3.84. The smallest absolute Gasteiger partial charge is 0.241 e. The SMILES string of the molecule is N#Cc1ccccc1NC(=O)C1SN=C(Cl)C1Cl. The molecule has 0 aromatic heterocycles. The van der Waals surface area contributed by atoms with Crippen molar-refractivity contribution >= 4 is 51.9 Å². The number of anilines is 1. The first-order valence-corrected chi connectivity index (χ1v) is 6.62. The van der Waals surface area contributed by atoms with Crippen LogP contribution in [0.4, 0.5) is 5.69 Å². The van der Waals surface area contributed by atoms with E-state index in [-0.39, 0.29) is 11.1 Å². The van der Waals surface area contributed by atoms with Gasteiger partial charge in [0.25, 0.3) is 0 Å². The fourth-order valence-corrected chi connectivity index (χ4v) is 2.81. The van der Waals surface area contributed by atoms with Gasteiger partial charge in [0.1, 0.15) is 21.9 Å². The van der Waals surface area contributed by atoms with Crippen LogP contribution in [0.3, 0.4) is 0 Å². The molecule has 0 spiro atoms. The Morgan fingerprint density at radius 1 is 1.50 bits per heavy atom. The molecule has 1 aliphatic heterocycles. The van der Waals surface area contributed by atoms with E-state index in [1.54, 1.807) is 24.3 Å². The highest BCUT2D eigenvalue weighted by molar-refractivity contribution is 8.00. The number of carbonyl (C=O) groups excluding carboxylic acids is 1. The fourth-order valence-electron chi connectivity index (χ4n) is 1.41. The number of hydrogen-bond acceptors (Lipinski definition) is 4. The highest BCUT2D eigenvalue weighted by atomic mass is 35.5.